The van der Waals surface area contributed by atoms with E-state index in [0.29, 0.717) is 6.42 Å². The summed E-state index contributed by atoms with van der Waals surface area (Å²) in [5, 5.41) is 0. The van der Waals surface area contributed by atoms with E-state index < -0.39 is 26.5 Å². The predicted molar refractivity (Wildman–Crippen MR) is 386 cm³/mol. The van der Waals surface area contributed by atoms with Gasteiger partial charge in [-0.05, 0) is 38.5 Å². The van der Waals surface area contributed by atoms with Gasteiger partial charge in [0.2, 0.25) is 0 Å². The minimum absolute atomic E-state index is 0.0583. The average molecular weight is 1280 g/mol. The molecule has 0 saturated heterocycles. The molecule has 89 heavy (non-hydrogen) atoms. The van der Waals surface area contributed by atoms with Crippen LogP contribution in [0.15, 0.2) is 12.2 Å². The zero-order chi connectivity index (χ0) is 64.4. The van der Waals surface area contributed by atoms with Crippen LogP contribution in [0.1, 0.15) is 450 Å². The molecule has 2 unspecified atom stereocenters. The number of unbranched alkanes of at least 4 members (excludes halogenated alkanes) is 63. The molecule has 0 bridgehead atoms. The molecule has 0 aromatic rings. The van der Waals surface area contributed by atoms with Crippen molar-refractivity contribution in [2.45, 2.75) is 457 Å². The zero-order valence-corrected chi connectivity index (χ0v) is 60.9. The lowest BCUT2D eigenvalue weighted by Gasteiger charge is -2.19. The Labute approximate surface area is 555 Å². The van der Waals surface area contributed by atoms with Gasteiger partial charge in [0.15, 0.2) is 6.10 Å². The van der Waals surface area contributed by atoms with Crippen LogP contribution in [0.3, 0.4) is 0 Å². The normalized spacial score (nSPS) is 12.8. The van der Waals surface area contributed by atoms with Gasteiger partial charge in [-0.3, -0.25) is 18.6 Å². The third kappa shape index (κ3) is 75.7. The summed E-state index contributed by atoms with van der Waals surface area (Å²) >= 11 is 0. The maximum Gasteiger partial charge on any atom is 0.472 e. The SMILES string of the molecule is CCCCCCCCCC/C=C\CCCCCCCCCCCCCCCCCCCCCCCCCCCC(=O)OC(COC(=O)CCCCCCCCCCCCCCCCCCCCCCCCCCCCCCCCC)COP(=O)(O)OCCN. The Kier molecular flexibility index (Phi) is 74.7. The molecule has 0 aliphatic heterocycles. The summed E-state index contributed by atoms with van der Waals surface area (Å²) in [5.41, 5.74) is 5.42. The fraction of sp³-hybridized carbons (Fsp3) is 0.949. The number of rotatable bonds is 78. The molecule has 9 nitrogen and oxygen atoms in total. The molecule has 2 atom stereocenters. The molecule has 0 aromatic carbocycles. The number of carbonyl (C=O) groups excluding carboxylic acids is 2. The summed E-state index contributed by atoms with van der Waals surface area (Å²) in [5.74, 6) is -0.796. The van der Waals surface area contributed by atoms with Gasteiger partial charge in [-0.1, -0.05) is 411 Å². The Morgan fingerprint density at radius 2 is 0.551 bits per heavy atom. The molecule has 0 aliphatic carbocycles. The number of phosphoric ester groups is 1. The molecule has 0 radical (unpaired) electrons. The third-order valence-corrected chi connectivity index (χ3v) is 19.6. The Morgan fingerprint density at radius 3 is 0.798 bits per heavy atom. The first-order chi connectivity index (χ1) is 43.8. The number of carbonyl (C=O) groups is 2. The zero-order valence-electron chi connectivity index (χ0n) is 60.0. The largest absolute Gasteiger partial charge is 0.472 e. The van der Waals surface area contributed by atoms with Crippen molar-refractivity contribution in [3.63, 3.8) is 0 Å². The first-order valence-electron chi connectivity index (χ1n) is 40.2. The summed E-state index contributed by atoms with van der Waals surface area (Å²) in [6, 6.07) is 0. The van der Waals surface area contributed by atoms with Crippen molar-refractivity contribution in [2.24, 2.45) is 5.73 Å². The molecule has 0 amide bonds. The molecule has 0 aromatic heterocycles. The molecule has 0 spiro atoms. The molecule has 10 heteroatoms. The summed E-state index contributed by atoms with van der Waals surface area (Å²) in [6.07, 6.45) is 93.7. The van der Waals surface area contributed by atoms with Gasteiger partial charge in [0.1, 0.15) is 6.61 Å². The number of hydrogen-bond acceptors (Lipinski definition) is 8. The van der Waals surface area contributed by atoms with E-state index in [0.717, 1.165) is 32.1 Å². The number of phosphoric acid groups is 1. The second kappa shape index (κ2) is 75.8. The van der Waals surface area contributed by atoms with Gasteiger partial charge >= 0.3 is 19.8 Å². The highest BCUT2D eigenvalue weighted by atomic mass is 31.2. The van der Waals surface area contributed by atoms with Crippen molar-refractivity contribution in [3.05, 3.63) is 12.2 Å². The monoisotopic (exact) mass is 1280 g/mol. The van der Waals surface area contributed by atoms with Gasteiger partial charge in [0.25, 0.3) is 0 Å². The van der Waals surface area contributed by atoms with Crippen LogP contribution in [0.25, 0.3) is 0 Å². The van der Waals surface area contributed by atoms with Gasteiger partial charge in [0.05, 0.1) is 13.2 Å². The van der Waals surface area contributed by atoms with E-state index >= 15 is 0 Å². The standard InChI is InChI=1S/C79H156NO8P/c1-3-5-7-9-11-13-15-17-19-21-23-25-27-29-31-33-35-36-37-38-39-40-42-44-46-48-50-52-54-56-58-60-62-64-66-68-70-72-79(82)88-77(76-87-89(83,84)86-74-73-80)75-85-78(81)71-69-67-65-63-61-59-57-55-53-51-49-47-45-43-41-34-32-30-28-26-24-22-20-18-16-14-12-10-8-6-4-2/h21,23,77H,3-20,22,24-76,80H2,1-2H3,(H,83,84)/b23-21-. The molecule has 3 N–H and O–H groups in total. The fourth-order valence-electron chi connectivity index (χ4n) is 12.7. The van der Waals surface area contributed by atoms with Crippen LogP contribution < -0.4 is 5.73 Å². The predicted octanol–water partition coefficient (Wildman–Crippen LogP) is 26.7. The summed E-state index contributed by atoms with van der Waals surface area (Å²) in [6.45, 7) is 3.85. The topological polar surface area (TPSA) is 134 Å². The van der Waals surface area contributed by atoms with E-state index in [1.807, 2.05) is 0 Å². The highest BCUT2D eigenvalue weighted by Crippen LogP contribution is 2.43. The van der Waals surface area contributed by atoms with E-state index in [1.165, 1.54) is 385 Å². The van der Waals surface area contributed by atoms with Crippen molar-refractivity contribution in [1.29, 1.82) is 0 Å². The smallest absolute Gasteiger partial charge is 0.462 e. The minimum atomic E-state index is -4.39. The van der Waals surface area contributed by atoms with E-state index in [4.69, 9.17) is 24.3 Å². The maximum atomic E-state index is 12.8. The van der Waals surface area contributed by atoms with Crippen LogP contribution in [0.2, 0.25) is 0 Å². The Balaban J connectivity index is 3.73. The van der Waals surface area contributed by atoms with Gasteiger partial charge in [-0.25, -0.2) is 4.57 Å². The summed E-state index contributed by atoms with van der Waals surface area (Å²) < 4.78 is 33.3. The highest BCUT2D eigenvalue weighted by molar-refractivity contribution is 7.47. The second-order valence-electron chi connectivity index (χ2n) is 27.7. The second-order valence-corrected chi connectivity index (χ2v) is 29.1. The Bertz CT molecular complexity index is 1460. The maximum absolute atomic E-state index is 12.8. The third-order valence-electron chi connectivity index (χ3n) is 18.7. The van der Waals surface area contributed by atoms with E-state index in [-0.39, 0.29) is 38.6 Å². The van der Waals surface area contributed by atoms with Crippen LogP contribution in [0.4, 0.5) is 0 Å². The molecule has 530 valence electrons. The lowest BCUT2D eigenvalue weighted by atomic mass is 10.0. The minimum Gasteiger partial charge on any atom is -0.462 e. The number of allylic oxidation sites excluding steroid dienone is 2. The molecular formula is C79H156NO8P. The van der Waals surface area contributed by atoms with Crippen molar-refractivity contribution in [3.8, 4) is 0 Å². The molecular weight excluding hydrogens is 1120 g/mol. The number of ether oxygens (including phenoxy) is 2. The van der Waals surface area contributed by atoms with Crippen LogP contribution in [-0.2, 0) is 32.7 Å². The Morgan fingerprint density at radius 1 is 0.326 bits per heavy atom. The number of esters is 2. The average Bonchev–Trinajstić information content (AvgIpc) is 3.68. The molecule has 0 rings (SSSR count). The van der Waals surface area contributed by atoms with Gasteiger partial charge in [-0.2, -0.15) is 0 Å². The quantitative estimate of drug-likeness (QED) is 0.0264. The van der Waals surface area contributed by atoms with Crippen molar-refractivity contribution < 1.29 is 37.6 Å². The van der Waals surface area contributed by atoms with Crippen LogP contribution >= 0.6 is 7.82 Å². The highest BCUT2D eigenvalue weighted by Gasteiger charge is 2.26. The first kappa shape index (κ1) is 87.8. The lowest BCUT2D eigenvalue weighted by Crippen LogP contribution is -2.29. The first-order valence-corrected chi connectivity index (χ1v) is 41.7. The molecule has 0 aliphatic rings. The Hall–Kier alpha value is -1.25. The summed E-state index contributed by atoms with van der Waals surface area (Å²) in [7, 11) is -4.39. The van der Waals surface area contributed by atoms with Crippen molar-refractivity contribution in [1.82, 2.24) is 0 Å². The van der Waals surface area contributed by atoms with Crippen LogP contribution in [0, 0.1) is 0 Å². The number of nitrogens with two attached hydrogens (primary N) is 1. The summed E-state index contributed by atoms with van der Waals surface area (Å²) in [4.78, 5) is 35.4. The van der Waals surface area contributed by atoms with Gasteiger partial charge in [0, 0.05) is 19.4 Å². The molecule has 0 heterocycles. The van der Waals surface area contributed by atoms with E-state index in [1.54, 1.807) is 0 Å². The van der Waals surface area contributed by atoms with E-state index in [9.17, 15) is 19.0 Å². The van der Waals surface area contributed by atoms with Crippen molar-refractivity contribution in [2.75, 3.05) is 26.4 Å². The molecule has 0 saturated carbocycles. The lowest BCUT2D eigenvalue weighted by molar-refractivity contribution is -0.161. The van der Waals surface area contributed by atoms with Crippen LogP contribution in [-0.4, -0.2) is 49.3 Å². The van der Waals surface area contributed by atoms with Gasteiger partial charge in [-0.15, -0.1) is 0 Å². The van der Waals surface area contributed by atoms with Gasteiger partial charge < -0.3 is 20.1 Å². The van der Waals surface area contributed by atoms with Crippen LogP contribution in [0.5, 0.6) is 0 Å². The molecule has 0 fully saturated rings. The van der Waals surface area contributed by atoms with E-state index in [2.05, 4.69) is 26.0 Å². The van der Waals surface area contributed by atoms with Crippen molar-refractivity contribution >= 4 is 19.8 Å². The fourth-order valence-corrected chi connectivity index (χ4v) is 13.5. The number of hydrogen-bond donors (Lipinski definition) is 2.